The van der Waals surface area contributed by atoms with Crippen LogP contribution in [0.3, 0.4) is 0 Å². The number of hydrogen-bond acceptors (Lipinski definition) is 6. The van der Waals surface area contributed by atoms with E-state index >= 15 is 0 Å². The van der Waals surface area contributed by atoms with Crippen molar-refractivity contribution in [3.05, 3.63) is 88.0 Å². The summed E-state index contributed by atoms with van der Waals surface area (Å²) in [5.74, 6) is 1.17. The van der Waals surface area contributed by atoms with Gasteiger partial charge in [0.25, 0.3) is 5.91 Å². The van der Waals surface area contributed by atoms with Gasteiger partial charge in [-0.2, -0.15) is 0 Å². The predicted octanol–water partition coefficient (Wildman–Crippen LogP) is 2.88. The monoisotopic (exact) mass is 493 g/mol. The van der Waals surface area contributed by atoms with Gasteiger partial charge in [-0.25, -0.2) is 10.4 Å². The zero-order valence-corrected chi connectivity index (χ0v) is 20.3. The number of H-pyrrole nitrogens is 1. The molecule has 1 saturated heterocycles. The number of rotatable bonds is 7. The van der Waals surface area contributed by atoms with Gasteiger partial charge in [0, 0.05) is 30.0 Å². The van der Waals surface area contributed by atoms with Gasteiger partial charge in [0.2, 0.25) is 0 Å². The van der Waals surface area contributed by atoms with Crippen LogP contribution in [0.25, 0.3) is 0 Å². The number of carbonyl (C=O) groups is 1. The third-order valence-corrected chi connectivity index (χ3v) is 7.57. The molecule has 3 aromatic rings. The normalized spacial score (nSPS) is 24.7. The van der Waals surface area contributed by atoms with Crippen molar-refractivity contribution in [2.24, 2.45) is 17.4 Å². The van der Waals surface area contributed by atoms with Gasteiger partial charge < -0.3 is 21.8 Å². The molecule has 35 heavy (non-hydrogen) atoms. The minimum absolute atomic E-state index is 0.0156. The summed E-state index contributed by atoms with van der Waals surface area (Å²) >= 11 is 6.66. The van der Waals surface area contributed by atoms with Gasteiger partial charge in [-0.05, 0) is 48.9 Å². The third-order valence-electron chi connectivity index (χ3n) is 7.28. The minimum Gasteiger partial charge on any atom is -0.343 e. The number of nitrogens with two attached hydrogens (primary N) is 2. The summed E-state index contributed by atoms with van der Waals surface area (Å²) in [5, 5.41) is 3.63. The molecule has 5 rings (SSSR count). The van der Waals surface area contributed by atoms with Gasteiger partial charge in [-0.15, -0.1) is 0 Å². The van der Waals surface area contributed by atoms with Crippen LogP contribution in [0.15, 0.2) is 54.6 Å². The Hall–Kier alpha value is -2.75. The van der Waals surface area contributed by atoms with E-state index in [0.29, 0.717) is 41.5 Å². The minimum atomic E-state index is -0.360. The number of halogens is 1. The van der Waals surface area contributed by atoms with Gasteiger partial charge in [0.05, 0.1) is 17.9 Å². The van der Waals surface area contributed by atoms with Crippen molar-refractivity contribution in [2.45, 2.75) is 56.4 Å². The molecule has 2 aliphatic rings. The summed E-state index contributed by atoms with van der Waals surface area (Å²) in [7, 11) is 0. The molecule has 4 unspecified atom stereocenters. The third kappa shape index (κ3) is 5.27. The van der Waals surface area contributed by atoms with E-state index in [-0.39, 0.29) is 24.0 Å². The first kappa shape index (κ1) is 24.0. The molecule has 8 N–H and O–H groups in total. The Morgan fingerprint density at radius 1 is 1.09 bits per heavy atom. The van der Waals surface area contributed by atoms with Crippen LogP contribution in [0.1, 0.15) is 64.2 Å². The number of carbonyl (C=O) groups excluding carboxylic acids is 1. The van der Waals surface area contributed by atoms with Crippen molar-refractivity contribution in [3.63, 3.8) is 0 Å². The fourth-order valence-corrected chi connectivity index (χ4v) is 5.57. The van der Waals surface area contributed by atoms with E-state index in [0.717, 1.165) is 36.1 Å². The van der Waals surface area contributed by atoms with Crippen LogP contribution in [0.4, 0.5) is 0 Å². The molecule has 1 saturated carbocycles. The molecule has 0 radical (unpaired) electrons. The van der Waals surface area contributed by atoms with Crippen molar-refractivity contribution < 1.29 is 4.79 Å². The lowest BCUT2D eigenvalue weighted by Crippen LogP contribution is -2.39. The number of nitrogens with one attached hydrogen (secondary N) is 4. The second kappa shape index (κ2) is 10.5. The molecule has 1 aliphatic heterocycles. The molecule has 0 bridgehead atoms. The molecule has 2 heterocycles. The van der Waals surface area contributed by atoms with Crippen LogP contribution in [0, 0.1) is 5.92 Å². The number of benzene rings is 2. The summed E-state index contributed by atoms with van der Waals surface area (Å²) in [5.41, 5.74) is 21.9. The van der Waals surface area contributed by atoms with Crippen molar-refractivity contribution in [1.82, 2.24) is 26.1 Å². The van der Waals surface area contributed by atoms with Gasteiger partial charge in [0.15, 0.2) is 5.15 Å². The molecular weight excluding hydrogens is 462 g/mol. The maximum Gasteiger partial charge on any atom is 0.251 e. The Bertz CT molecular complexity index is 1150. The second-order valence-corrected chi connectivity index (χ2v) is 9.90. The summed E-state index contributed by atoms with van der Waals surface area (Å²) in [4.78, 5) is 21.3. The molecule has 2 aromatic carbocycles. The lowest BCUT2D eigenvalue weighted by atomic mass is 9.77. The van der Waals surface area contributed by atoms with Crippen LogP contribution in [-0.4, -0.2) is 28.1 Å². The fourth-order valence-electron chi connectivity index (χ4n) is 5.28. The standard InChI is InChI=1S/C26H32ClN7O/c27-23-22(18-10-11-19-20(13-18)33-34-24(19)29)31-25(32-23)21(12-15-4-2-1-3-5-15)30-26(35)17-8-6-16(14-28)7-9-17/h1-9,18-21,24,33-34H,10-14,28-29H2,(H,30,35)(H,31,32)/t18?,19?,20?,21-,24?/m0/s1. The van der Waals surface area contributed by atoms with E-state index in [9.17, 15) is 4.79 Å². The average Bonchev–Trinajstić information content (AvgIpc) is 3.46. The molecule has 2 fully saturated rings. The number of aromatic amines is 1. The Balaban J connectivity index is 1.38. The van der Waals surface area contributed by atoms with Crippen molar-refractivity contribution in [2.75, 3.05) is 0 Å². The Morgan fingerprint density at radius 3 is 2.60 bits per heavy atom. The number of hydrogen-bond donors (Lipinski definition) is 6. The highest BCUT2D eigenvalue weighted by molar-refractivity contribution is 6.30. The van der Waals surface area contributed by atoms with E-state index in [2.05, 4.69) is 26.1 Å². The Kier molecular flexibility index (Phi) is 7.17. The number of fused-ring (bicyclic) bond motifs is 1. The number of imidazole rings is 1. The number of aromatic nitrogens is 2. The molecule has 8 nitrogen and oxygen atoms in total. The van der Waals surface area contributed by atoms with Crippen LogP contribution in [0.2, 0.25) is 5.15 Å². The summed E-state index contributed by atoms with van der Waals surface area (Å²) in [6.07, 6.45) is 3.51. The van der Waals surface area contributed by atoms with Crippen LogP contribution in [-0.2, 0) is 13.0 Å². The van der Waals surface area contributed by atoms with Gasteiger partial charge in [0.1, 0.15) is 5.82 Å². The highest BCUT2D eigenvalue weighted by Crippen LogP contribution is 2.40. The summed E-state index contributed by atoms with van der Waals surface area (Å²) < 4.78 is 0. The number of amides is 1. The zero-order chi connectivity index (χ0) is 24.4. The van der Waals surface area contributed by atoms with Crippen LogP contribution >= 0.6 is 11.6 Å². The Labute approximate surface area is 210 Å². The predicted molar refractivity (Wildman–Crippen MR) is 136 cm³/mol. The molecule has 5 atom stereocenters. The van der Waals surface area contributed by atoms with Gasteiger partial charge in [-0.3, -0.25) is 10.2 Å². The lowest BCUT2D eigenvalue weighted by Gasteiger charge is -2.31. The first-order chi connectivity index (χ1) is 17.0. The van der Waals surface area contributed by atoms with Gasteiger partial charge in [-0.1, -0.05) is 54.1 Å². The molecule has 1 amide bonds. The van der Waals surface area contributed by atoms with E-state index in [4.69, 9.17) is 23.1 Å². The molecule has 1 aromatic heterocycles. The number of nitrogens with zero attached hydrogens (tertiary/aromatic N) is 1. The highest BCUT2D eigenvalue weighted by Gasteiger charge is 2.40. The number of hydrazine groups is 1. The van der Waals surface area contributed by atoms with Gasteiger partial charge >= 0.3 is 0 Å². The van der Waals surface area contributed by atoms with Crippen molar-refractivity contribution >= 4 is 17.5 Å². The Morgan fingerprint density at radius 2 is 1.86 bits per heavy atom. The quantitative estimate of drug-likeness (QED) is 0.300. The smallest absolute Gasteiger partial charge is 0.251 e. The highest BCUT2D eigenvalue weighted by atomic mass is 35.5. The maximum atomic E-state index is 13.1. The molecule has 1 aliphatic carbocycles. The molecular formula is C26H32ClN7O. The summed E-state index contributed by atoms with van der Waals surface area (Å²) in [6.45, 7) is 0.437. The lowest BCUT2D eigenvalue weighted by molar-refractivity contribution is 0.0935. The van der Waals surface area contributed by atoms with E-state index in [1.54, 1.807) is 12.1 Å². The summed E-state index contributed by atoms with van der Waals surface area (Å²) in [6, 6.07) is 17.3. The maximum absolute atomic E-state index is 13.1. The zero-order valence-electron chi connectivity index (χ0n) is 19.5. The van der Waals surface area contributed by atoms with E-state index in [1.807, 2.05) is 42.5 Å². The first-order valence-corrected chi connectivity index (χ1v) is 12.6. The molecule has 184 valence electrons. The second-order valence-electron chi connectivity index (χ2n) is 9.54. The van der Waals surface area contributed by atoms with E-state index < -0.39 is 0 Å². The van der Waals surface area contributed by atoms with Crippen LogP contribution < -0.4 is 27.6 Å². The van der Waals surface area contributed by atoms with Crippen LogP contribution in [0.5, 0.6) is 0 Å². The SMILES string of the molecule is NCc1ccc(C(=O)N[C@@H](Cc2ccccc2)c2nc(Cl)c(C3CCC4C(N)NNC4C3)[nH]2)cc1. The topological polar surface area (TPSA) is 134 Å². The molecule has 0 spiro atoms. The van der Waals surface area contributed by atoms with Crippen molar-refractivity contribution in [1.29, 1.82) is 0 Å². The average molecular weight is 494 g/mol. The largest absolute Gasteiger partial charge is 0.343 e. The van der Waals surface area contributed by atoms with Crippen molar-refractivity contribution in [3.8, 4) is 0 Å². The fraction of sp³-hybridized carbons (Fsp3) is 0.385. The first-order valence-electron chi connectivity index (χ1n) is 12.2. The molecule has 9 heteroatoms. The van der Waals surface area contributed by atoms with E-state index in [1.165, 1.54) is 0 Å².